The van der Waals surface area contributed by atoms with E-state index in [1.165, 1.54) is 0 Å². The molecule has 9 heteroatoms. The number of rotatable bonds is 3. The first-order valence-electron chi connectivity index (χ1n) is 7.86. The van der Waals surface area contributed by atoms with Gasteiger partial charge in [0.1, 0.15) is 4.47 Å². The summed E-state index contributed by atoms with van der Waals surface area (Å²) < 4.78 is 3.11. The minimum absolute atomic E-state index is 0.0127. The fourth-order valence-electron chi connectivity index (χ4n) is 3.24. The number of hydrogen-bond donors (Lipinski definition) is 1. The van der Waals surface area contributed by atoms with Gasteiger partial charge in [-0.25, -0.2) is 4.98 Å². The lowest BCUT2D eigenvalue weighted by molar-refractivity contribution is -0.384. The van der Waals surface area contributed by atoms with Crippen molar-refractivity contribution in [1.29, 1.82) is 0 Å². The van der Waals surface area contributed by atoms with Crippen LogP contribution >= 0.6 is 31.9 Å². The lowest BCUT2D eigenvalue weighted by Gasteiger charge is -2.32. The highest BCUT2D eigenvalue weighted by atomic mass is 79.9. The van der Waals surface area contributed by atoms with Crippen molar-refractivity contribution >= 4 is 54.5 Å². The molecule has 7 nitrogen and oxygen atoms in total. The SMILES string of the molecule is CC(C)n1c(N2CCCC(N)C2)nc2c([N+](=O)[O-])c(Br)c(Br)cc21. The molecule has 1 fully saturated rings. The Morgan fingerprint density at radius 2 is 2.17 bits per heavy atom. The number of nitro groups is 1. The first kappa shape index (κ1) is 17.6. The highest BCUT2D eigenvalue weighted by Crippen LogP contribution is 2.41. The molecule has 0 spiro atoms. The summed E-state index contributed by atoms with van der Waals surface area (Å²) in [6.45, 7) is 5.68. The molecule has 130 valence electrons. The van der Waals surface area contributed by atoms with Crippen LogP contribution in [-0.2, 0) is 0 Å². The lowest BCUT2D eigenvalue weighted by Crippen LogP contribution is -2.44. The summed E-state index contributed by atoms with van der Waals surface area (Å²) in [6.07, 6.45) is 1.99. The predicted octanol–water partition coefficient (Wildman–Crippen LogP) is 3.98. The van der Waals surface area contributed by atoms with Gasteiger partial charge in [-0.2, -0.15) is 0 Å². The van der Waals surface area contributed by atoms with Crippen molar-refractivity contribution in [2.45, 2.75) is 38.8 Å². The molecule has 1 aliphatic heterocycles. The molecule has 1 aliphatic rings. The van der Waals surface area contributed by atoms with Gasteiger partial charge in [-0.3, -0.25) is 10.1 Å². The standard InChI is InChI=1S/C15H19Br2N5O2/c1-8(2)21-11-6-10(16)12(17)14(22(23)24)13(11)19-15(21)20-5-3-4-9(18)7-20/h6,8-9H,3-5,7,18H2,1-2H3. The number of imidazole rings is 1. The van der Waals surface area contributed by atoms with E-state index in [4.69, 9.17) is 5.73 Å². The summed E-state index contributed by atoms with van der Waals surface area (Å²) in [6, 6.07) is 2.11. The van der Waals surface area contributed by atoms with Crippen LogP contribution < -0.4 is 10.6 Å². The molecule has 0 aliphatic carbocycles. The van der Waals surface area contributed by atoms with Crippen LogP contribution in [0.2, 0.25) is 0 Å². The number of benzene rings is 1. The number of aromatic nitrogens is 2. The highest BCUT2D eigenvalue weighted by Gasteiger charge is 2.29. The van der Waals surface area contributed by atoms with Crippen LogP contribution in [-0.4, -0.2) is 33.6 Å². The van der Waals surface area contributed by atoms with Gasteiger partial charge in [0.2, 0.25) is 5.95 Å². The minimum Gasteiger partial charge on any atom is -0.341 e. The summed E-state index contributed by atoms with van der Waals surface area (Å²) in [7, 11) is 0. The van der Waals surface area contributed by atoms with Crippen LogP contribution in [0.4, 0.5) is 11.6 Å². The number of hydrogen-bond acceptors (Lipinski definition) is 5. The van der Waals surface area contributed by atoms with Gasteiger partial charge in [-0.1, -0.05) is 0 Å². The topological polar surface area (TPSA) is 90.2 Å². The zero-order valence-electron chi connectivity index (χ0n) is 13.5. The number of fused-ring (bicyclic) bond motifs is 1. The van der Waals surface area contributed by atoms with Crippen LogP contribution in [0.3, 0.4) is 0 Å². The first-order chi connectivity index (χ1) is 11.3. The molecule has 1 aromatic heterocycles. The van der Waals surface area contributed by atoms with Crippen molar-refractivity contribution in [2.24, 2.45) is 5.73 Å². The van der Waals surface area contributed by atoms with E-state index in [0.29, 0.717) is 21.0 Å². The Hall–Kier alpha value is -1.19. The predicted molar refractivity (Wildman–Crippen MR) is 102 cm³/mol. The molecule has 0 bridgehead atoms. The quantitative estimate of drug-likeness (QED) is 0.552. The molecule has 2 N–H and O–H groups in total. The summed E-state index contributed by atoms with van der Waals surface area (Å²) >= 11 is 6.71. The average molecular weight is 461 g/mol. The van der Waals surface area contributed by atoms with Crippen LogP contribution in [0, 0.1) is 10.1 Å². The summed E-state index contributed by atoms with van der Waals surface area (Å²) in [5.74, 6) is 0.753. The zero-order chi connectivity index (χ0) is 17.6. The molecule has 3 rings (SSSR count). The van der Waals surface area contributed by atoms with E-state index in [9.17, 15) is 10.1 Å². The Bertz CT molecular complexity index is 805. The van der Waals surface area contributed by atoms with E-state index in [1.807, 2.05) is 6.07 Å². The summed E-state index contributed by atoms with van der Waals surface area (Å²) in [5.41, 5.74) is 7.25. The molecular weight excluding hydrogens is 442 g/mol. The Kier molecular flexibility index (Phi) is 4.85. The number of nitrogens with two attached hydrogens (primary N) is 1. The molecule has 1 atom stereocenters. The molecule has 0 amide bonds. The Labute approximate surface area is 156 Å². The Balaban J connectivity index is 2.28. The molecule has 0 radical (unpaired) electrons. The maximum Gasteiger partial charge on any atom is 0.312 e. The maximum absolute atomic E-state index is 11.6. The molecule has 1 saturated heterocycles. The van der Waals surface area contributed by atoms with Crippen molar-refractivity contribution in [3.63, 3.8) is 0 Å². The van der Waals surface area contributed by atoms with E-state index in [0.717, 1.165) is 30.9 Å². The fraction of sp³-hybridized carbons (Fsp3) is 0.533. The number of nitro benzene ring substituents is 1. The summed E-state index contributed by atoms with van der Waals surface area (Å²) in [4.78, 5) is 18.0. The molecule has 1 aromatic carbocycles. The van der Waals surface area contributed by atoms with Crippen LogP contribution in [0.15, 0.2) is 15.0 Å². The van der Waals surface area contributed by atoms with Crippen LogP contribution in [0.1, 0.15) is 32.7 Å². The number of halogens is 2. The molecule has 0 saturated carbocycles. The summed E-state index contributed by atoms with van der Waals surface area (Å²) in [5, 5.41) is 11.6. The molecule has 1 unspecified atom stereocenters. The monoisotopic (exact) mass is 459 g/mol. The Morgan fingerprint density at radius 3 is 2.75 bits per heavy atom. The van der Waals surface area contributed by atoms with Crippen molar-refractivity contribution in [2.75, 3.05) is 18.0 Å². The minimum atomic E-state index is -0.388. The maximum atomic E-state index is 11.6. The van der Waals surface area contributed by atoms with E-state index in [2.05, 4.69) is 60.2 Å². The van der Waals surface area contributed by atoms with Crippen molar-refractivity contribution in [3.8, 4) is 0 Å². The highest BCUT2D eigenvalue weighted by molar-refractivity contribution is 9.13. The number of piperidine rings is 1. The van der Waals surface area contributed by atoms with Gasteiger partial charge in [-0.15, -0.1) is 0 Å². The lowest BCUT2D eigenvalue weighted by atomic mass is 10.1. The van der Waals surface area contributed by atoms with Gasteiger partial charge in [0.15, 0.2) is 5.52 Å². The second kappa shape index (κ2) is 6.61. The van der Waals surface area contributed by atoms with Gasteiger partial charge in [0, 0.05) is 29.6 Å². The fourth-order valence-corrected chi connectivity index (χ4v) is 4.09. The number of nitrogens with zero attached hydrogens (tertiary/aromatic N) is 4. The third-order valence-corrected chi connectivity index (χ3v) is 6.23. The van der Waals surface area contributed by atoms with Gasteiger partial charge in [-0.05, 0) is 64.6 Å². The molecule has 2 aromatic rings. The molecule has 2 heterocycles. The van der Waals surface area contributed by atoms with Gasteiger partial charge in [0.25, 0.3) is 0 Å². The van der Waals surface area contributed by atoms with E-state index >= 15 is 0 Å². The van der Waals surface area contributed by atoms with Crippen LogP contribution in [0.25, 0.3) is 11.0 Å². The van der Waals surface area contributed by atoms with Crippen molar-refractivity contribution in [3.05, 3.63) is 25.1 Å². The second-order valence-electron chi connectivity index (χ2n) is 6.37. The third kappa shape index (κ3) is 2.93. The Morgan fingerprint density at radius 1 is 1.46 bits per heavy atom. The van der Waals surface area contributed by atoms with Gasteiger partial charge in [0.05, 0.1) is 10.4 Å². The van der Waals surface area contributed by atoms with E-state index in [1.54, 1.807) is 0 Å². The molecular formula is C15H19Br2N5O2. The second-order valence-corrected chi connectivity index (χ2v) is 8.02. The van der Waals surface area contributed by atoms with E-state index in [-0.39, 0.29) is 22.7 Å². The largest absolute Gasteiger partial charge is 0.341 e. The normalized spacial score (nSPS) is 18.6. The first-order valence-corrected chi connectivity index (χ1v) is 9.44. The zero-order valence-corrected chi connectivity index (χ0v) is 16.7. The average Bonchev–Trinajstić information content (AvgIpc) is 2.86. The van der Waals surface area contributed by atoms with Crippen molar-refractivity contribution in [1.82, 2.24) is 9.55 Å². The number of anilines is 1. The van der Waals surface area contributed by atoms with Crippen molar-refractivity contribution < 1.29 is 4.92 Å². The van der Waals surface area contributed by atoms with Gasteiger partial charge >= 0.3 is 5.69 Å². The smallest absolute Gasteiger partial charge is 0.312 e. The molecule has 24 heavy (non-hydrogen) atoms. The van der Waals surface area contributed by atoms with E-state index < -0.39 is 0 Å². The van der Waals surface area contributed by atoms with Gasteiger partial charge < -0.3 is 15.2 Å². The van der Waals surface area contributed by atoms with Crippen LogP contribution in [0.5, 0.6) is 0 Å². The third-order valence-electron chi connectivity index (χ3n) is 4.27.